The van der Waals surface area contributed by atoms with Crippen LogP contribution in [-0.4, -0.2) is 11.1 Å². The topological polar surface area (TPSA) is 50.4 Å². The van der Waals surface area contributed by atoms with Crippen LogP contribution < -0.4 is 0 Å². The molecule has 2 aromatic rings. The van der Waals surface area contributed by atoms with Crippen molar-refractivity contribution < 1.29 is 14.3 Å². The predicted molar refractivity (Wildman–Crippen MR) is 48.2 cm³/mol. The molecule has 1 heterocycles. The van der Waals surface area contributed by atoms with Gasteiger partial charge in [-0.1, -0.05) is 11.6 Å². The predicted octanol–water partition coefficient (Wildman–Crippen LogP) is 2.78. The number of furan rings is 1. The quantitative estimate of drug-likeness (QED) is 0.763. The molecule has 0 aliphatic carbocycles. The molecule has 0 atom stereocenters. The highest BCUT2D eigenvalue weighted by Gasteiger charge is 2.12. The lowest BCUT2D eigenvalue weighted by atomic mass is 10.1. The molecule has 0 saturated heterocycles. The van der Waals surface area contributed by atoms with Gasteiger partial charge in [0.15, 0.2) is 5.58 Å². The van der Waals surface area contributed by atoms with Crippen LogP contribution >= 0.6 is 11.6 Å². The van der Waals surface area contributed by atoms with Gasteiger partial charge in [0, 0.05) is 5.39 Å². The van der Waals surface area contributed by atoms with Crippen LogP contribution in [0.3, 0.4) is 0 Å². The molecule has 1 aromatic carbocycles. The van der Waals surface area contributed by atoms with E-state index in [1.165, 1.54) is 18.4 Å². The number of hydrogen-bond acceptors (Lipinski definition) is 2. The summed E-state index contributed by atoms with van der Waals surface area (Å²) in [5, 5.41) is 9.76. The van der Waals surface area contributed by atoms with E-state index in [0.717, 1.165) is 0 Å². The lowest BCUT2D eigenvalue weighted by Crippen LogP contribution is -1.95. The average molecular weight is 197 g/mol. The number of rotatable bonds is 1. The maximum atomic E-state index is 10.7. The maximum Gasteiger partial charge on any atom is 0.336 e. The second-order valence-electron chi connectivity index (χ2n) is 2.56. The SMILES string of the molecule is O=C(O)c1ccc(Cl)c2occc12. The molecular weight excluding hydrogens is 192 g/mol. The molecule has 0 radical (unpaired) electrons. The van der Waals surface area contributed by atoms with Gasteiger partial charge in [-0.05, 0) is 18.2 Å². The summed E-state index contributed by atoms with van der Waals surface area (Å²) in [4.78, 5) is 10.7. The van der Waals surface area contributed by atoms with Crippen LogP contribution in [0.5, 0.6) is 0 Å². The Hall–Kier alpha value is -1.48. The van der Waals surface area contributed by atoms with Crippen molar-refractivity contribution in [3.63, 3.8) is 0 Å². The van der Waals surface area contributed by atoms with Crippen LogP contribution in [0.25, 0.3) is 11.0 Å². The molecule has 0 spiro atoms. The van der Waals surface area contributed by atoms with Crippen molar-refractivity contribution in [3.8, 4) is 0 Å². The van der Waals surface area contributed by atoms with Gasteiger partial charge in [-0.15, -0.1) is 0 Å². The number of halogens is 1. The molecule has 0 aliphatic rings. The van der Waals surface area contributed by atoms with Gasteiger partial charge >= 0.3 is 5.97 Å². The van der Waals surface area contributed by atoms with Gasteiger partial charge in [0.1, 0.15) is 0 Å². The van der Waals surface area contributed by atoms with Crippen molar-refractivity contribution in [2.24, 2.45) is 0 Å². The molecule has 0 saturated carbocycles. The zero-order chi connectivity index (χ0) is 9.42. The smallest absolute Gasteiger partial charge is 0.336 e. The average Bonchev–Trinajstić information content (AvgIpc) is 2.53. The molecule has 1 aromatic heterocycles. The largest absolute Gasteiger partial charge is 0.478 e. The number of fused-ring (bicyclic) bond motifs is 1. The van der Waals surface area contributed by atoms with E-state index in [1.807, 2.05) is 0 Å². The van der Waals surface area contributed by atoms with Crippen molar-refractivity contribution in [3.05, 3.63) is 35.0 Å². The van der Waals surface area contributed by atoms with Crippen LogP contribution in [0, 0.1) is 0 Å². The Bertz CT molecular complexity index is 473. The third-order valence-electron chi connectivity index (χ3n) is 1.80. The summed E-state index contributed by atoms with van der Waals surface area (Å²) >= 11 is 5.79. The minimum atomic E-state index is -0.983. The van der Waals surface area contributed by atoms with E-state index in [9.17, 15) is 4.79 Å². The minimum Gasteiger partial charge on any atom is -0.478 e. The van der Waals surface area contributed by atoms with Gasteiger partial charge in [0.25, 0.3) is 0 Å². The monoisotopic (exact) mass is 196 g/mol. The number of hydrogen-bond donors (Lipinski definition) is 1. The summed E-state index contributed by atoms with van der Waals surface area (Å²) in [6, 6.07) is 4.56. The van der Waals surface area contributed by atoms with Crippen LogP contribution in [0.2, 0.25) is 5.02 Å². The molecule has 2 rings (SSSR count). The van der Waals surface area contributed by atoms with Gasteiger partial charge in [-0.3, -0.25) is 0 Å². The van der Waals surface area contributed by atoms with Crippen LogP contribution in [0.1, 0.15) is 10.4 Å². The van der Waals surface area contributed by atoms with E-state index in [-0.39, 0.29) is 5.56 Å². The lowest BCUT2D eigenvalue weighted by Gasteiger charge is -1.96. The first-order valence-corrected chi connectivity index (χ1v) is 3.97. The van der Waals surface area contributed by atoms with E-state index in [1.54, 1.807) is 6.07 Å². The molecule has 4 heteroatoms. The van der Waals surface area contributed by atoms with Crippen molar-refractivity contribution in [1.29, 1.82) is 0 Å². The first kappa shape index (κ1) is 8.13. The highest BCUT2D eigenvalue weighted by atomic mass is 35.5. The summed E-state index contributed by atoms with van der Waals surface area (Å²) in [6.07, 6.45) is 1.42. The molecule has 13 heavy (non-hydrogen) atoms. The maximum absolute atomic E-state index is 10.7. The van der Waals surface area contributed by atoms with Crippen LogP contribution in [-0.2, 0) is 0 Å². The summed E-state index contributed by atoms with van der Waals surface area (Å²) in [6.45, 7) is 0. The first-order chi connectivity index (χ1) is 6.20. The zero-order valence-corrected chi connectivity index (χ0v) is 7.21. The van der Waals surface area contributed by atoms with Gasteiger partial charge < -0.3 is 9.52 Å². The van der Waals surface area contributed by atoms with E-state index in [0.29, 0.717) is 16.0 Å². The molecule has 0 fully saturated rings. The fourth-order valence-corrected chi connectivity index (χ4v) is 1.42. The summed E-state index contributed by atoms with van der Waals surface area (Å²) in [5.74, 6) is -0.983. The molecule has 0 unspecified atom stereocenters. The second kappa shape index (κ2) is 2.78. The number of carbonyl (C=O) groups is 1. The molecule has 0 bridgehead atoms. The van der Waals surface area contributed by atoms with E-state index in [2.05, 4.69) is 0 Å². The van der Waals surface area contributed by atoms with Gasteiger partial charge in [0.05, 0.1) is 16.8 Å². The molecule has 66 valence electrons. The summed E-state index contributed by atoms with van der Waals surface area (Å²) in [7, 11) is 0. The molecule has 1 N–H and O–H groups in total. The minimum absolute atomic E-state index is 0.202. The van der Waals surface area contributed by atoms with Crippen molar-refractivity contribution in [2.75, 3.05) is 0 Å². The van der Waals surface area contributed by atoms with Gasteiger partial charge in [-0.2, -0.15) is 0 Å². The Kier molecular flexibility index (Phi) is 1.74. The Morgan fingerprint density at radius 2 is 2.15 bits per heavy atom. The van der Waals surface area contributed by atoms with E-state index in [4.69, 9.17) is 21.1 Å². The van der Waals surface area contributed by atoms with Crippen molar-refractivity contribution in [1.82, 2.24) is 0 Å². The fourth-order valence-electron chi connectivity index (χ4n) is 1.21. The van der Waals surface area contributed by atoms with Gasteiger partial charge in [-0.25, -0.2) is 4.79 Å². The van der Waals surface area contributed by atoms with Crippen molar-refractivity contribution in [2.45, 2.75) is 0 Å². The van der Waals surface area contributed by atoms with Crippen molar-refractivity contribution >= 4 is 28.5 Å². The fraction of sp³-hybridized carbons (Fsp3) is 0. The van der Waals surface area contributed by atoms with E-state index < -0.39 is 5.97 Å². The third kappa shape index (κ3) is 1.17. The third-order valence-corrected chi connectivity index (χ3v) is 2.10. The Balaban J connectivity index is 2.86. The number of benzene rings is 1. The Labute approximate surface area is 78.5 Å². The van der Waals surface area contributed by atoms with E-state index >= 15 is 0 Å². The zero-order valence-electron chi connectivity index (χ0n) is 6.45. The highest BCUT2D eigenvalue weighted by Crippen LogP contribution is 2.27. The van der Waals surface area contributed by atoms with Crippen LogP contribution in [0.15, 0.2) is 28.9 Å². The Morgan fingerprint density at radius 1 is 1.38 bits per heavy atom. The number of carboxylic acid groups (broad SMARTS) is 1. The standard InChI is InChI=1S/C9H5ClO3/c10-7-2-1-6(9(11)12)5-3-4-13-8(5)7/h1-4H,(H,11,12). The molecule has 0 amide bonds. The number of aromatic carboxylic acids is 1. The first-order valence-electron chi connectivity index (χ1n) is 3.59. The molecule has 3 nitrogen and oxygen atoms in total. The highest BCUT2D eigenvalue weighted by molar-refractivity contribution is 6.35. The molecular formula is C9H5ClO3. The second-order valence-corrected chi connectivity index (χ2v) is 2.97. The lowest BCUT2D eigenvalue weighted by molar-refractivity contribution is 0.0699. The van der Waals surface area contributed by atoms with Crippen LogP contribution in [0.4, 0.5) is 0 Å². The normalized spacial score (nSPS) is 10.5. The Morgan fingerprint density at radius 3 is 2.85 bits per heavy atom. The summed E-state index contributed by atoms with van der Waals surface area (Å²) in [5.41, 5.74) is 0.620. The summed E-state index contributed by atoms with van der Waals surface area (Å²) < 4.78 is 5.04. The number of carboxylic acids is 1. The van der Waals surface area contributed by atoms with Gasteiger partial charge in [0.2, 0.25) is 0 Å². The molecule has 0 aliphatic heterocycles.